The van der Waals surface area contributed by atoms with Gasteiger partial charge in [-0.05, 0) is 48.4 Å². The Bertz CT molecular complexity index is 1000. The van der Waals surface area contributed by atoms with Gasteiger partial charge in [-0.25, -0.2) is 8.42 Å². The van der Waals surface area contributed by atoms with Crippen LogP contribution in [-0.2, 0) is 10.0 Å². The predicted molar refractivity (Wildman–Crippen MR) is 106 cm³/mol. The van der Waals surface area contributed by atoms with E-state index in [0.717, 1.165) is 16.8 Å². The van der Waals surface area contributed by atoms with E-state index >= 15 is 0 Å². The molecule has 0 amide bonds. The van der Waals surface area contributed by atoms with Gasteiger partial charge in [0.15, 0.2) is 0 Å². The molecule has 0 aliphatic heterocycles. The maximum Gasteiger partial charge on any atom is 0.261 e. The van der Waals surface area contributed by atoms with E-state index in [1.807, 2.05) is 37.3 Å². The topological polar surface area (TPSA) is 70.6 Å². The lowest BCUT2D eigenvalue weighted by molar-refractivity contribution is 0.601. The summed E-state index contributed by atoms with van der Waals surface area (Å²) in [5.41, 5.74) is 6.15. The van der Waals surface area contributed by atoms with Gasteiger partial charge in [-0.15, -0.1) is 0 Å². The summed E-state index contributed by atoms with van der Waals surface area (Å²) in [6.07, 6.45) is 1.73. The molecule has 0 radical (unpaired) electrons. The molecule has 0 aromatic heterocycles. The van der Waals surface area contributed by atoms with E-state index in [-0.39, 0.29) is 4.90 Å². The molecule has 3 rings (SSSR count). The van der Waals surface area contributed by atoms with Crippen molar-refractivity contribution in [1.82, 2.24) is 0 Å². The number of rotatable bonds is 6. The molecule has 2 N–H and O–H groups in total. The molecule has 0 aliphatic carbocycles. The summed E-state index contributed by atoms with van der Waals surface area (Å²) in [6, 6.07) is 23.3. The molecule has 3 aromatic rings. The number of aryl methyl sites for hydroxylation is 1. The number of hydrazone groups is 1. The Kier molecular flexibility index (Phi) is 5.34. The third-order valence-electron chi connectivity index (χ3n) is 3.73. The van der Waals surface area contributed by atoms with Crippen LogP contribution in [0.5, 0.6) is 0 Å². The van der Waals surface area contributed by atoms with E-state index in [9.17, 15) is 8.42 Å². The van der Waals surface area contributed by atoms with Crippen LogP contribution in [0, 0.1) is 6.92 Å². The van der Waals surface area contributed by atoms with Crippen LogP contribution in [0.4, 0.5) is 11.4 Å². The molecule has 5 nitrogen and oxygen atoms in total. The second kappa shape index (κ2) is 7.84. The van der Waals surface area contributed by atoms with Gasteiger partial charge < -0.3 is 0 Å². The Morgan fingerprint density at radius 2 is 1.54 bits per heavy atom. The maximum absolute atomic E-state index is 12.4. The first-order chi connectivity index (χ1) is 12.5. The van der Waals surface area contributed by atoms with Crippen LogP contribution in [0.1, 0.15) is 11.1 Å². The third kappa shape index (κ3) is 4.49. The van der Waals surface area contributed by atoms with Crippen molar-refractivity contribution in [3.63, 3.8) is 0 Å². The summed E-state index contributed by atoms with van der Waals surface area (Å²) in [5.74, 6) is 0. The van der Waals surface area contributed by atoms with E-state index in [4.69, 9.17) is 0 Å². The van der Waals surface area contributed by atoms with Gasteiger partial charge in [0.2, 0.25) is 0 Å². The standard InChI is InChI=1S/C20H19N3O2S/c1-16-14-18(23-26(24,25)19-10-6-3-7-11-19)12-13-20(16)22-21-15-17-8-4-2-5-9-17/h2-15,22-23H,1H3. The molecule has 0 atom stereocenters. The summed E-state index contributed by atoms with van der Waals surface area (Å²) in [7, 11) is -3.60. The Morgan fingerprint density at radius 3 is 2.19 bits per heavy atom. The van der Waals surface area contributed by atoms with Gasteiger partial charge in [0, 0.05) is 5.69 Å². The number of nitrogens with one attached hydrogen (secondary N) is 2. The Morgan fingerprint density at radius 1 is 0.885 bits per heavy atom. The van der Waals surface area contributed by atoms with Gasteiger partial charge in [0.05, 0.1) is 16.8 Å². The van der Waals surface area contributed by atoms with Crippen LogP contribution in [0.15, 0.2) is 88.9 Å². The number of nitrogens with zero attached hydrogens (tertiary/aromatic N) is 1. The second-order valence-electron chi connectivity index (χ2n) is 5.73. The molecule has 0 saturated heterocycles. The molecule has 0 fully saturated rings. The SMILES string of the molecule is Cc1cc(NS(=O)(=O)c2ccccc2)ccc1NN=Cc1ccccc1. The van der Waals surface area contributed by atoms with Crippen molar-refractivity contribution in [3.05, 3.63) is 90.0 Å². The normalized spacial score (nSPS) is 11.4. The van der Waals surface area contributed by atoms with Crippen molar-refractivity contribution >= 4 is 27.6 Å². The van der Waals surface area contributed by atoms with Crippen molar-refractivity contribution in [2.75, 3.05) is 10.1 Å². The van der Waals surface area contributed by atoms with Gasteiger partial charge in [-0.2, -0.15) is 5.10 Å². The lowest BCUT2D eigenvalue weighted by atomic mass is 10.2. The van der Waals surface area contributed by atoms with E-state index < -0.39 is 10.0 Å². The van der Waals surface area contributed by atoms with E-state index in [1.54, 1.807) is 54.7 Å². The fraction of sp³-hybridized carbons (Fsp3) is 0.0500. The minimum Gasteiger partial charge on any atom is -0.280 e. The van der Waals surface area contributed by atoms with Crippen LogP contribution in [-0.4, -0.2) is 14.6 Å². The van der Waals surface area contributed by atoms with E-state index in [0.29, 0.717) is 5.69 Å². The van der Waals surface area contributed by atoms with Crippen LogP contribution >= 0.6 is 0 Å². The first kappa shape index (κ1) is 17.7. The fourth-order valence-corrected chi connectivity index (χ4v) is 3.45. The fourth-order valence-electron chi connectivity index (χ4n) is 2.38. The summed E-state index contributed by atoms with van der Waals surface area (Å²) in [5, 5.41) is 4.21. The van der Waals surface area contributed by atoms with Gasteiger partial charge in [0.25, 0.3) is 10.0 Å². The molecule has 0 aliphatic rings. The summed E-state index contributed by atoms with van der Waals surface area (Å²) < 4.78 is 27.3. The van der Waals surface area contributed by atoms with Crippen LogP contribution in [0.2, 0.25) is 0 Å². The minimum atomic E-state index is -3.60. The number of anilines is 2. The quantitative estimate of drug-likeness (QED) is 0.507. The Labute approximate surface area is 153 Å². The third-order valence-corrected chi connectivity index (χ3v) is 5.13. The largest absolute Gasteiger partial charge is 0.280 e. The molecule has 6 heteroatoms. The highest BCUT2D eigenvalue weighted by atomic mass is 32.2. The number of benzene rings is 3. The van der Waals surface area contributed by atoms with Crippen LogP contribution < -0.4 is 10.1 Å². The molecular formula is C20H19N3O2S. The highest BCUT2D eigenvalue weighted by molar-refractivity contribution is 7.92. The average Bonchev–Trinajstić information content (AvgIpc) is 2.65. The molecule has 0 bridgehead atoms. The molecular weight excluding hydrogens is 346 g/mol. The number of hydrogen-bond acceptors (Lipinski definition) is 4. The van der Waals surface area contributed by atoms with Crippen molar-refractivity contribution in [1.29, 1.82) is 0 Å². The lowest BCUT2D eigenvalue weighted by Gasteiger charge is -2.11. The second-order valence-corrected chi connectivity index (χ2v) is 7.41. The summed E-state index contributed by atoms with van der Waals surface area (Å²) >= 11 is 0. The van der Waals surface area contributed by atoms with Crippen molar-refractivity contribution in [2.45, 2.75) is 11.8 Å². The molecule has 0 heterocycles. The predicted octanol–water partition coefficient (Wildman–Crippen LogP) is 4.24. The monoisotopic (exact) mass is 365 g/mol. The van der Waals surface area contributed by atoms with Crippen LogP contribution in [0.25, 0.3) is 0 Å². The number of hydrogen-bond donors (Lipinski definition) is 2. The van der Waals surface area contributed by atoms with E-state index in [1.165, 1.54) is 0 Å². The van der Waals surface area contributed by atoms with Gasteiger partial charge >= 0.3 is 0 Å². The van der Waals surface area contributed by atoms with Crippen LogP contribution in [0.3, 0.4) is 0 Å². The van der Waals surface area contributed by atoms with Crippen molar-refractivity contribution in [3.8, 4) is 0 Å². The van der Waals surface area contributed by atoms with Gasteiger partial charge in [0.1, 0.15) is 0 Å². The minimum absolute atomic E-state index is 0.229. The van der Waals surface area contributed by atoms with Crippen molar-refractivity contribution in [2.24, 2.45) is 5.10 Å². The first-order valence-electron chi connectivity index (χ1n) is 8.07. The van der Waals surface area contributed by atoms with Gasteiger partial charge in [-0.1, -0.05) is 48.5 Å². The highest BCUT2D eigenvalue weighted by Crippen LogP contribution is 2.22. The zero-order valence-corrected chi connectivity index (χ0v) is 15.1. The highest BCUT2D eigenvalue weighted by Gasteiger charge is 2.13. The van der Waals surface area contributed by atoms with Crippen molar-refractivity contribution < 1.29 is 8.42 Å². The smallest absolute Gasteiger partial charge is 0.261 e. The molecule has 3 aromatic carbocycles. The Balaban J connectivity index is 1.71. The molecule has 0 unspecified atom stereocenters. The average molecular weight is 365 g/mol. The Hall–Kier alpha value is -3.12. The molecule has 0 saturated carbocycles. The zero-order chi connectivity index (χ0) is 18.4. The lowest BCUT2D eigenvalue weighted by Crippen LogP contribution is -2.12. The molecule has 132 valence electrons. The zero-order valence-electron chi connectivity index (χ0n) is 14.3. The summed E-state index contributed by atoms with van der Waals surface area (Å²) in [6.45, 7) is 1.89. The first-order valence-corrected chi connectivity index (χ1v) is 9.55. The van der Waals surface area contributed by atoms with Gasteiger partial charge in [-0.3, -0.25) is 10.1 Å². The number of sulfonamides is 1. The van der Waals surface area contributed by atoms with E-state index in [2.05, 4.69) is 15.2 Å². The molecule has 26 heavy (non-hydrogen) atoms. The summed E-state index contributed by atoms with van der Waals surface area (Å²) in [4.78, 5) is 0.229. The maximum atomic E-state index is 12.4. The molecule has 0 spiro atoms.